The molecule has 4 rings (SSSR count). The predicted octanol–water partition coefficient (Wildman–Crippen LogP) is 0.650. The molecule has 4 heterocycles. The molecular formula is C17H22N4O4. The summed E-state index contributed by atoms with van der Waals surface area (Å²) >= 11 is 0. The van der Waals surface area contributed by atoms with Crippen molar-refractivity contribution in [3.8, 4) is 0 Å². The molecule has 134 valence electrons. The van der Waals surface area contributed by atoms with E-state index in [0.717, 1.165) is 19.3 Å². The Kier molecular flexibility index (Phi) is 4.63. The van der Waals surface area contributed by atoms with Gasteiger partial charge in [-0.3, -0.25) is 14.4 Å². The third-order valence-electron chi connectivity index (χ3n) is 5.20. The van der Waals surface area contributed by atoms with E-state index in [4.69, 9.17) is 9.57 Å². The van der Waals surface area contributed by atoms with Gasteiger partial charge in [0.15, 0.2) is 0 Å². The molecule has 0 radical (unpaired) electrons. The molecule has 3 fully saturated rings. The summed E-state index contributed by atoms with van der Waals surface area (Å²) in [6.07, 6.45) is 6.24. The molecule has 2 amide bonds. The first-order valence-electron chi connectivity index (χ1n) is 8.87. The normalized spacial score (nSPS) is 29.4. The number of hydroxylamine groups is 2. The van der Waals surface area contributed by atoms with E-state index in [1.54, 1.807) is 11.0 Å². The van der Waals surface area contributed by atoms with Crippen LogP contribution in [0.15, 0.2) is 18.5 Å². The molecule has 1 aromatic heterocycles. The molecule has 0 bridgehead atoms. The minimum atomic E-state index is -0.295. The molecule has 0 spiro atoms. The van der Waals surface area contributed by atoms with E-state index in [0.29, 0.717) is 38.3 Å². The van der Waals surface area contributed by atoms with E-state index < -0.39 is 0 Å². The van der Waals surface area contributed by atoms with Crippen LogP contribution in [0, 0.1) is 5.92 Å². The lowest BCUT2D eigenvalue weighted by Gasteiger charge is -2.41. The number of nitrogens with zero attached hydrogens (tertiary/aromatic N) is 4. The van der Waals surface area contributed by atoms with E-state index in [1.165, 1.54) is 17.5 Å². The highest BCUT2D eigenvalue weighted by Gasteiger charge is 2.45. The molecule has 0 unspecified atom stereocenters. The molecule has 1 aromatic rings. The fraction of sp³-hybridized carbons (Fsp3) is 0.647. The Morgan fingerprint density at radius 1 is 1.20 bits per heavy atom. The van der Waals surface area contributed by atoms with E-state index in [9.17, 15) is 9.59 Å². The van der Waals surface area contributed by atoms with Gasteiger partial charge in [-0.1, -0.05) is 0 Å². The Morgan fingerprint density at radius 3 is 2.88 bits per heavy atom. The SMILES string of the molecule is O=C([C@@H]1C[C@@H]2OCC[C@@H]2N(C(=O)c2ccnnc2)C1)N1CCCCO1. The summed E-state index contributed by atoms with van der Waals surface area (Å²) in [5.41, 5.74) is 0.489. The summed E-state index contributed by atoms with van der Waals surface area (Å²) in [4.78, 5) is 33.1. The van der Waals surface area contributed by atoms with Gasteiger partial charge in [0.25, 0.3) is 11.8 Å². The van der Waals surface area contributed by atoms with Crippen molar-refractivity contribution in [3.63, 3.8) is 0 Å². The van der Waals surface area contributed by atoms with E-state index in [2.05, 4.69) is 10.2 Å². The molecule has 0 aromatic carbocycles. The van der Waals surface area contributed by atoms with Gasteiger partial charge in [-0.25, -0.2) is 5.06 Å². The largest absolute Gasteiger partial charge is 0.376 e. The Labute approximate surface area is 146 Å². The topological polar surface area (TPSA) is 84.9 Å². The number of rotatable bonds is 2. The number of ether oxygens (including phenoxy) is 1. The number of carbonyl (C=O) groups is 2. The van der Waals surface area contributed by atoms with Crippen LogP contribution in [0.4, 0.5) is 0 Å². The maximum absolute atomic E-state index is 12.9. The quantitative estimate of drug-likeness (QED) is 0.782. The van der Waals surface area contributed by atoms with Gasteiger partial charge in [0.2, 0.25) is 0 Å². The van der Waals surface area contributed by atoms with Crippen LogP contribution in [0.25, 0.3) is 0 Å². The van der Waals surface area contributed by atoms with Gasteiger partial charge in [-0.15, -0.1) is 0 Å². The number of fused-ring (bicyclic) bond motifs is 1. The number of amides is 2. The van der Waals surface area contributed by atoms with Crippen LogP contribution in [-0.4, -0.2) is 70.4 Å². The molecular weight excluding hydrogens is 324 g/mol. The van der Waals surface area contributed by atoms with Crippen molar-refractivity contribution in [1.29, 1.82) is 0 Å². The second-order valence-electron chi connectivity index (χ2n) is 6.77. The first-order chi connectivity index (χ1) is 12.2. The van der Waals surface area contributed by atoms with Crippen LogP contribution >= 0.6 is 0 Å². The summed E-state index contributed by atoms with van der Waals surface area (Å²) in [6, 6.07) is 1.67. The van der Waals surface area contributed by atoms with Gasteiger partial charge in [-0.2, -0.15) is 10.2 Å². The Morgan fingerprint density at radius 2 is 2.12 bits per heavy atom. The molecule has 3 atom stereocenters. The zero-order valence-electron chi connectivity index (χ0n) is 14.0. The Hall–Kier alpha value is -2.06. The maximum atomic E-state index is 12.9. The Balaban J connectivity index is 1.53. The Bertz CT molecular complexity index is 635. The molecule has 3 aliphatic heterocycles. The van der Waals surface area contributed by atoms with Gasteiger partial charge in [0, 0.05) is 19.7 Å². The van der Waals surface area contributed by atoms with E-state index in [1.807, 2.05) is 0 Å². The van der Waals surface area contributed by atoms with Gasteiger partial charge in [-0.05, 0) is 31.7 Å². The number of likely N-dealkylation sites (tertiary alicyclic amines) is 1. The molecule has 8 nitrogen and oxygen atoms in total. The van der Waals surface area contributed by atoms with Crippen LogP contribution < -0.4 is 0 Å². The molecule has 3 aliphatic rings. The molecule has 0 saturated carbocycles. The van der Waals surface area contributed by atoms with Crippen LogP contribution in [0.1, 0.15) is 36.0 Å². The van der Waals surface area contributed by atoms with Crippen LogP contribution in [0.2, 0.25) is 0 Å². The average Bonchev–Trinajstić information content (AvgIpc) is 3.16. The summed E-state index contributed by atoms with van der Waals surface area (Å²) in [5.74, 6) is -0.456. The molecule has 8 heteroatoms. The molecule has 0 N–H and O–H groups in total. The molecule has 0 aliphatic carbocycles. The lowest BCUT2D eigenvalue weighted by Crippen LogP contribution is -2.55. The first kappa shape index (κ1) is 16.4. The summed E-state index contributed by atoms with van der Waals surface area (Å²) in [6.45, 7) is 2.21. The fourth-order valence-corrected chi connectivity index (χ4v) is 3.92. The van der Waals surface area contributed by atoms with Crippen LogP contribution in [-0.2, 0) is 14.4 Å². The van der Waals surface area contributed by atoms with Crippen molar-refractivity contribution in [2.75, 3.05) is 26.3 Å². The number of aromatic nitrogens is 2. The third-order valence-corrected chi connectivity index (χ3v) is 5.20. The van der Waals surface area contributed by atoms with Crippen molar-refractivity contribution < 1.29 is 19.2 Å². The van der Waals surface area contributed by atoms with Crippen molar-refractivity contribution in [3.05, 3.63) is 24.0 Å². The highest BCUT2D eigenvalue weighted by molar-refractivity contribution is 5.94. The van der Waals surface area contributed by atoms with Gasteiger partial charge >= 0.3 is 0 Å². The highest BCUT2D eigenvalue weighted by atomic mass is 16.7. The monoisotopic (exact) mass is 346 g/mol. The van der Waals surface area contributed by atoms with Crippen molar-refractivity contribution in [1.82, 2.24) is 20.2 Å². The van der Waals surface area contributed by atoms with Crippen molar-refractivity contribution in [2.24, 2.45) is 5.92 Å². The van der Waals surface area contributed by atoms with Gasteiger partial charge in [0.05, 0.1) is 42.6 Å². The zero-order chi connectivity index (χ0) is 17.2. The average molecular weight is 346 g/mol. The van der Waals surface area contributed by atoms with Crippen LogP contribution in [0.3, 0.4) is 0 Å². The van der Waals surface area contributed by atoms with Crippen LogP contribution in [0.5, 0.6) is 0 Å². The lowest BCUT2D eigenvalue weighted by molar-refractivity contribution is -0.203. The maximum Gasteiger partial charge on any atom is 0.255 e. The second-order valence-corrected chi connectivity index (χ2v) is 6.77. The van der Waals surface area contributed by atoms with Gasteiger partial charge in [0.1, 0.15) is 0 Å². The summed E-state index contributed by atoms with van der Waals surface area (Å²) in [5, 5.41) is 8.98. The summed E-state index contributed by atoms with van der Waals surface area (Å²) < 4.78 is 5.81. The lowest BCUT2D eigenvalue weighted by atomic mass is 9.88. The molecule has 25 heavy (non-hydrogen) atoms. The second kappa shape index (κ2) is 7.05. The zero-order valence-corrected chi connectivity index (χ0v) is 14.0. The third kappa shape index (κ3) is 3.23. The standard InChI is InChI=1S/C17H22N4O4/c22-16(12-3-5-18-19-10-12)20-11-13(9-15-14(20)4-8-24-15)17(23)21-6-1-2-7-25-21/h3,5,10,13-15H,1-2,4,6-9,11H2/t13-,14+,15+/m1/s1. The minimum Gasteiger partial charge on any atom is -0.376 e. The number of hydrogen-bond acceptors (Lipinski definition) is 6. The number of hydrogen-bond donors (Lipinski definition) is 0. The minimum absolute atomic E-state index is 0.0204. The summed E-state index contributed by atoms with van der Waals surface area (Å²) in [7, 11) is 0. The smallest absolute Gasteiger partial charge is 0.255 e. The van der Waals surface area contributed by atoms with E-state index >= 15 is 0 Å². The number of carbonyl (C=O) groups excluding carboxylic acids is 2. The fourth-order valence-electron chi connectivity index (χ4n) is 3.92. The molecule has 3 saturated heterocycles. The first-order valence-corrected chi connectivity index (χ1v) is 8.87. The van der Waals surface area contributed by atoms with E-state index in [-0.39, 0.29) is 29.9 Å². The number of piperidine rings is 1. The van der Waals surface area contributed by atoms with Crippen molar-refractivity contribution >= 4 is 11.8 Å². The van der Waals surface area contributed by atoms with Crippen molar-refractivity contribution in [2.45, 2.75) is 37.8 Å². The predicted molar refractivity (Wildman–Crippen MR) is 86.2 cm³/mol. The van der Waals surface area contributed by atoms with Gasteiger partial charge < -0.3 is 9.64 Å². The highest BCUT2D eigenvalue weighted by Crippen LogP contribution is 2.33.